The van der Waals surface area contributed by atoms with E-state index in [2.05, 4.69) is 10.5 Å². The summed E-state index contributed by atoms with van der Waals surface area (Å²) in [6.45, 7) is 4.23. The maximum Gasteiger partial charge on any atom is 0.203 e. The standard InChI is InChI=1S/C6H13N3OS/c1-4-10-5(2)8-9-6(7)11-3/h4H2,1-3H3,(H2,7,9). The van der Waals surface area contributed by atoms with Crippen molar-refractivity contribution in [3.63, 3.8) is 0 Å². The summed E-state index contributed by atoms with van der Waals surface area (Å²) in [6, 6.07) is 0. The SMILES string of the molecule is CCOC(C)=NNC(=N)SC. The highest BCUT2D eigenvalue weighted by molar-refractivity contribution is 8.13. The van der Waals surface area contributed by atoms with Crippen LogP contribution in [0.3, 0.4) is 0 Å². The normalized spacial score (nSPS) is 11.0. The van der Waals surface area contributed by atoms with Crippen LogP contribution in [0.1, 0.15) is 13.8 Å². The molecule has 0 aliphatic carbocycles. The molecule has 2 N–H and O–H groups in total. The number of thioether (sulfide) groups is 1. The molecule has 0 saturated carbocycles. The van der Waals surface area contributed by atoms with Crippen LogP contribution in [0.2, 0.25) is 0 Å². The number of rotatable bonds is 2. The Morgan fingerprint density at radius 3 is 2.82 bits per heavy atom. The van der Waals surface area contributed by atoms with Crippen molar-refractivity contribution in [2.75, 3.05) is 12.9 Å². The first-order valence-electron chi connectivity index (χ1n) is 3.26. The van der Waals surface area contributed by atoms with E-state index in [9.17, 15) is 0 Å². The lowest BCUT2D eigenvalue weighted by Gasteiger charge is -2.01. The molecule has 0 unspecified atom stereocenters. The van der Waals surface area contributed by atoms with Crippen LogP contribution < -0.4 is 5.43 Å². The molecule has 0 aliphatic rings. The highest BCUT2D eigenvalue weighted by Crippen LogP contribution is 1.90. The van der Waals surface area contributed by atoms with Gasteiger partial charge in [-0.15, -0.1) is 5.10 Å². The number of amidine groups is 1. The van der Waals surface area contributed by atoms with Crippen LogP contribution in [0.5, 0.6) is 0 Å². The minimum atomic E-state index is 0.309. The molecule has 0 aromatic heterocycles. The molecular formula is C6H13N3OS. The smallest absolute Gasteiger partial charge is 0.203 e. The Bertz CT molecular complexity index is 158. The second-order valence-electron chi connectivity index (χ2n) is 1.71. The topological polar surface area (TPSA) is 57.5 Å². The molecule has 5 heteroatoms. The average Bonchev–Trinajstić information content (AvgIpc) is 2.01. The van der Waals surface area contributed by atoms with Gasteiger partial charge in [-0.1, -0.05) is 11.8 Å². The monoisotopic (exact) mass is 175 g/mol. The predicted molar refractivity (Wildman–Crippen MR) is 49.1 cm³/mol. The third-order valence-electron chi connectivity index (χ3n) is 0.872. The minimum Gasteiger partial charge on any atom is -0.480 e. The van der Waals surface area contributed by atoms with Crippen molar-refractivity contribution in [1.82, 2.24) is 5.43 Å². The van der Waals surface area contributed by atoms with Gasteiger partial charge in [0.2, 0.25) is 5.90 Å². The molecule has 64 valence electrons. The minimum absolute atomic E-state index is 0.309. The second-order valence-corrected chi connectivity index (χ2v) is 2.53. The van der Waals surface area contributed by atoms with Gasteiger partial charge in [0.15, 0.2) is 5.17 Å². The third kappa shape index (κ3) is 5.72. The molecule has 0 aromatic rings. The van der Waals surface area contributed by atoms with Gasteiger partial charge in [0, 0.05) is 6.92 Å². The lowest BCUT2D eigenvalue weighted by Crippen LogP contribution is -2.15. The van der Waals surface area contributed by atoms with Gasteiger partial charge in [-0.05, 0) is 13.2 Å². The Labute approximate surface area is 70.9 Å². The zero-order valence-corrected chi connectivity index (χ0v) is 7.79. The average molecular weight is 175 g/mol. The summed E-state index contributed by atoms with van der Waals surface area (Å²) < 4.78 is 5.02. The van der Waals surface area contributed by atoms with E-state index < -0.39 is 0 Å². The number of nitrogens with one attached hydrogen (secondary N) is 2. The first-order valence-corrected chi connectivity index (χ1v) is 4.48. The first kappa shape index (κ1) is 10.3. The fourth-order valence-electron chi connectivity index (χ4n) is 0.416. The number of hydrazone groups is 1. The molecule has 11 heavy (non-hydrogen) atoms. The van der Waals surface area contributed by atoms with Crippen LogP contribution >= 0.6 is 11.8 Å². The van der Waals surface area contributed by atoms with Gasteiger partial charge in [0.25, 0.3) is 0 Å². The lowest BCUT2D eigenvalue weighted by atomic mass is 10.7. The maximum atomic E-state index is 7.15. The van der Waals surface area contributed by atoms with Crippen LogP contribution in [0.4, 0.5) is 0 Å². The number of ether oxygens (including phenoxy) is 1. The van der Waals surface area contributed by atoms with Crippen LogP contribution in [0, 0.1) is 5.41 Å². The van der Waals surface area contributed by atoms with Crippen molar-refractivity contribution < 1.29 is 4.74 Å². The molecule has 0 saturated heterocycles. The van der Waals surface area contributed by atoms with Crippen LogP contribution in [0.25, 0.3) is 0 Å². The molecule has 0 aromatic carbocycles. The zero-order chi connectivity index (χ0) is 8.69. The molecule has 0 bridgehead atoms. The molecule has 0 aliphatic heterocycles. The number of hydrogen-bond acceptors (Lipinski definition) is 4. The van der Waals surface area contributed by atoms with E-state index in [-0.39, 0.29) is 0 Å². The molecule has 0 rings (SSSR count). The quantitative estimate of drug-likeness (QED) is 0.377. The molecule has 0 atom stereocenters. The lowest BCUT2D eigenvalue weighted by molar-refractivity contribution is 0.322. The third-order valence-corrected chi connectivity index (χ3v) is 1.37. The van der Waals surface area contributed by atoms with E-state index in [1.165, 1.54) is 11.8 Å². The fourth-order valence-corrected chi connectivity index (χ4v) is 0.553. The van der Waals surface area contributed by atoms with E-state index in [1.54, 1.807) is 13.2 Å². The molecular weight excluding hydrogens is 162 g/mol. The first-order chi connectivity index (χ1) is 5.20. The van der Waals surface area contributed by atoms with Crippen LogP contribution in [-0.2, 0) is 4.74 Å². The molecule has 0 spiro atoms. The van der Waals surface area contributed by atoms with Crippen molar-refractivity contribution in [2.24, 2.45) is 5.10 Å². The maximum absolute atomic E-state index is 7.15. The fraction of sp³-hybridized carbons (Fsp3) is 0.667. The van der Waals surface area contributed by atoms with Crippen molar-refractivity contribution in [2.45, 2.75) is 13.8 Å². The van der Waals surface area contributed by atoms with Gasteiger partial charge in [-0.25, -0.2) is 0 Å². The van der Waals surface area contributed by atoms with E-state index >= 15 is 0 Å². The van der Waals surface area contributed by atoms with Crippen LogP contribution in [-0.4, -0.2) is 23.9 Å². The summed E-state index contributed by atoms with van der Waals surface area (Å²) in [7, 11) is 0. The van der Waals surface area contributed by atoms with Gasteiger partial charge in [-0.2, -0.15) is 0 Å². The van der Waals surface area contributed by atoms with Gasteiger partial charge in [-0.3, -0.25) is 10.8 Å². The Hall–Kier alpha value is -0.710. The Balaban J connectivity index is 3.63. The van der Waals surface area contributed by atoms with Gasteiger partial charge >= 0.3 is 0 Å². The van der Waals surface area contributed by atoms with Crippen molar-refractivity contribution >= 4 is 22.8 Å². The Morgan fingerprint density at radius 1 is 1.73 bits per heavy atom. The predicted octanol–water partition coefficient (Wildman–Crippen LogP) is 1.24. The summed E-state index contributed by atoms with van der Waals surface area (Å²) in [5, 5.41) is 11.2. The van der Waals surface area contributed by atoms with E-state index in [1.807, 2.05) is 6.92 Å². The summed E-state index contributed by atoms with van der Waals surface area (Å²) in [5.41, 5.74) is 2.53. The van der Waals surface area contributed by atoms with Gasteiger partial charge < -0.3 is 4.74 Å². The largest absolute Gasteiger partial charge is 0.480 e. The summed E-state index contributed by atoms with van der Waals surface area (Å²) >= 11 is 1.29. The van der Waals surface area contributed by atoms with Crippen LogP contribution in [0.15, 0.2) is 5.10 Å². The van der Waals surface area contributed by atoms with E-state index in [0.717, 1.165) is 0 Å². The van der Waals surface area contributed by atoms with Gasteiger partial charge in [0.1, 0.15) is 0 Å². The molecule has 0 fully saturated rings. The molecule has 0 amide bonds. The van der Waals surface area contributed by atoms with Crippen molar-refractivity contribution in [3.8, 4) is 0 Å². The Kier molecular flexibility index (Phi) is 5.64. The highest BCUT2D eigenvalue weighted by Gasteiger charge is 1.90. The summed E-state index contributed by atoms with van der Waals surface area (Å²) in [4.78, 5) is 0. The van der Waals surface area contributed by atoms with Crippen molar-refractivity contribution in [3.05, 3.63) is 0 Å². The zero-order valence-electron chi connectivity index (χ0n) is 6.97. The summed E-state index contributed by atoms with van der Waals surface area (Å²) in [6.07, 6.45) is 1.81. The van der Waals surface area contributed by atoms with Gasteiger partial charge in [0.05, 0.1) is 6.61 Å². The Morgan fingerprint density at radius 2 is 2.36 bits per heavy atom. The van der Waals surface area contributed by atoms with Crippen molar-refractivity contribution in [1.29, 1.82) is 5.41 Å². The molecule has 0 radical (unpaired) electrons. The van der Waals surface area contributed by atoms with E-state index in [0.29, 0.717) is 17.7 Å². The molecule has 0 heterocycles. The highest BCUT2D eigenvalue weighted by atomic mass is 32.2. The second kappa shape index (κ2) is 6.03. The summed E-state index contributed by atoms with van der Waals surface area (Å²) in [5.74, 6) is 0.548. The number of hydrogen-bond donors (Lipinski definition) is 2. The number of nitrogens with zero attached hydrogens (tertiary/aromatic N) is 1. The molecule has 4 nitrogen and oxygen atoms in total. The van der Waals surface area contributed by atoms with E-state index in [4.69, 9.17) is 10.1 Å².